The van der Waals surface area contributed by atoms with Crippen molar-refractivity contribution in [2.75, 3.05) is 36.0 Å². The van der Waals surface area contributed by atoms with Crippen LogP contribution in [-0.2, 0) is 9.59 Å². The summed E-state index contributed by atoms with van der Waals surface area (Å²) in [5, 5.41) is 0. The number of piperidine rings is 1. The molecule has 130 valence electrons. The summed E-state index contributed by atoms with van der Waals surface area (Å²) < 4.78 is 0. The molecule has 0 bridgehead atoms. The van der Waals surface area contributed by atoms with Crippen LogP contribution in [0.2, 0.25) is 0 Å². The van der Waals surface area contributed by atoms with Gasteiger partial charge >= 0.3 is 0 Å². The van der Waals surface area contributed by atoms with E-state index in [1.807, 2.05) is 28.0 Å². The number of benzene rings is 1. The fourth-order valence-corrected chi connectivity index (χ4v) is 4.14. The van der Waals surface area contributed by atoms with Crippen LogP contribution in [0.15, 0.2) is 24.3 Å². The maximum Gasteiger partial charge on any atom is 0.224 e. The van der Waals surface area contributed by atoms with Crippen LogP contribution in [0.3, 0.4) is 0 Å². The first-order valence-corrected chi connectivity index (χ1v) is 8.86. The lowest BCUT2D eigenvalue weighted by Crippen LogP contribution is -2.52. The minimum atomic E-state index is 0.0926. The van der Waals surface area contributed by atoms with Gasteiger partial charge in [0, 0.05) is 40.0 Å². The third-order valence-corrected chi connectivity index (χ3v) is 5.19. The lowest BCUT2D eigenvalue weighted by atomic mass is 9.96. The number of hydrogen-bond donors (Lipinski definition) is 0. The van der Waals surface area contributed by atoms with Crippen molar-refractivity contribution in [1.29, 1.82) is 0 Å². The molecular weight excluding hydrogens is 302 g/mol. The van der Waals surface area contributed by atoms with Crippen LogP contribution in [0.4, 0.5) is 11.4 Å². The van der Waals surface area contributed by atoms with E-state index in [9.17, 15) is 9.59 Å². The summed E-state index contributed by atoms with van der Waals surface area (Å²) in [6, 6.07) is 8.31. The number of para-hydroxylation sites is 2. The van der Waals surface area contributed by atoms with E-state index in [0.29, 0.717) is 5.92 Å². The van der Waals surface area contributed by atoms with Crippen LogP contribution >= 0.6 is 0 Å². The van der Waals surface area contributed by atoms with Gasteiger partial charge < -0.3 is 14.7 Å². The second-order valence-corrected chi connectivity index (χ2v) is 7.11. The van der Waals surface area contributed by atoms with Crippen molar-refractivity contribution in [1.82, 2.24) is 4.90 Å². The maximum absolute atomic E-state index is 12.0. The van der Waals surface area contributed by atoms with Crippen molar-refractivity contribution in [2.24, 2.45) is 5.92 Å². The number of nitrogens with zero attached hydrogens (tertiary/aromatic N) is 3. The van der Waals surface area contributed by atoms with Gasteiger partial charge in [-0.05, 0) is 37.8 Å². The second-order valence-electron chi connectivity index (χ2n) is 7.11. The van der Waals surface area contributed by atoms with Gasteiger partial charge in [-0.2, -0.15) is 0 Å². The number of amides is 2. The number of anilines is 2. The molecule has 0 aliphatic carbocycles. The van der Waals surface area contributed by atoms with E-state index in [4.69, 9.17) is 0 Å². The van der Waals surface area contributed by atoms with Gasteiger partial charge in [-0.25, -0.2) is 0 Å². The van der Waals surface area contributed by atoms with E-state index in [0.717, 1.165) is 50.4 Å². The van der Waals surface area contributed by atoms with E-state index in [1.165, 1.54) is 0 Å². The molecule has 2 atom stereocenters. The first-order valence-electron chi connectivity index (χ1n) is 8.86. The van der Waals surface area contributed by atoms with Crippen molar-refractivity contribution in [2.45, 2.75) is 39.7 Å². The Morgan fingerprint density at radius 1 is 1.08 bits per heavy atom. The van der Waals surface area contributed by atoms with Gasteiger partial charge in [0.05, 0.1) is 17.4 Å². The molecule has 0 N–H and O–H groups in total. The second kappa shape index (κ2) is 6.83. The first-order chi connectivity index (χ1) is 11.5. The smallest absolute Gasteiger partial charge is 0.224 e. The third-order valence-electron chi connectivity index (χ3n) is 5.19. The number of fused-ring (bicyclic) bond motifs is 1. The quantitative estimate of drug-likeness (QED) is 0.837. The predicted molar refractivity (Wildman–Crippen MR) is 96.3 cm³/mol. The molecule has 3 rings (SSSR count). The van der Waals surface area contributed by atoms with Gasteiger partial charge in [-0.15, -0.1) is 0 Å². The van der Waals surface area contributed by atoms with E-state index >= 15 is 0 Å². The first kappa shape index (κ1) is 16.8. The van der Waals surface area contributed by atoms with Crippen molar-refractivity contribution >= 4 is 23.2 Å². The molecule has 1 aromatic rings. The van der Waals surface area contributed by atoms with Crippen molar-refractivity contribution in [3.8, 4) is 0 Å². The summed E-state index contributed by atoms with van der Waals surface area (Å²) in [5.41, 5.74) is 2.13. The van der Waals surface area contributed by atoms with Crippen LogP contribution in [0.5, 0.6) is 0 Å². The lowest BCUT2D eigenvalue weighted by Gasteiger charge is -2.44. The standard InChI is InChI=1S/C19H27N3O2/c1-14-11-21(13-17-7-6-10-20(12-17)15(2)23)18-8-4-5-9-19(18)22(14)16(3)24/h4-5,8-9,14,17H,6-7,10-13H2,1-3H3/t14-,17-/m0/s1. The Hall–Kier alpha value is -2.04. The number of carbonyl (C=O) groups excluding carboxylic acids is 2. The molecule has 5 heteroatoms. The van der Waals surface area contributed by atoms with Gasteiger partial charge in [0.25, 0.3) is 0 Å². The Labute approximate surface area is 144 Å². The average Bonchev–Trinajstić information content (AvgIpc) is 2.54. The minimum Gasteiger partial charge on any atom is -0.367 e. The fraction of sp³-hybridized carbons (Fsp3) is 0.579. The highest BCUT2D eigenvalue weighted by molar-refractivity contribution is 5.97. The summed E-state index contributed by atoms with van der Waals surface area (Å²) in [5.74, 6) is 0.761. The SMILES string of the molecule is CC(=O)N1CCC[C@H](CN2C[C@H](C)N(C(C)=O)c3ccccc32)C1. The Balaban J connectivity index is 1.80. The van der Waals surface area contributed by atoms with Gasteiger partial charge in [0.2, 0.25) is 11.8 Å². The molecule has 0 saturated carbocycles. The van der Waals surface area contributed by atoms with Crippen LogP contribution in [-0.4, -0.2) is 48.9 Å². The molecule has 0 unspecified atom stereocenters. The number of hydrogen-bond acceptors (Lipinski definition) is 3. The van der Waals surface area contributed by atoms with Crippen LogP contribution < -0.4 is 9.80 Å². The molecule has 2 aliphatic rings. The zero-order valence-corrected chi connectivity index (χ0v) is 14.9. The van der Waals surface area contributed by atoms with Crippen molar-refractivity contribution in [3.63, 3.8) is 0 Å². The lowest BCUT2D eigenvalue weighted by molar-refractivity contribution is -0.130. The zero-order valence-electron chi connectivity index (χ0n) is 14.9. The molecule has 1 aromatic carbocycles. The summed E-state index contributed by atoms with van der Waals surface area (Å²) in [6.07, 6.45) is 2.24. The molecule has 0 radical (unpaired) electrons. The van der Waals surface area contributed by atoms with Crippen molar-refractivity contribution < 1.29 is 9.59 Å². The number of carbonyl (C=O) groups is 2. The number of rotatable bonds is 2. The molecule has 2 heterocycles. The van der Waals surface area contributed by atoms with E-state index in [1.54, 1.807) is 13.8 Å². The van der Waals surface area contributed by atoms with Gasteiger partial charge in [-0.3, -0.25) is 9.59 Å². The topological polar surface area (TPSA) is 43.9 Å². The van der Waals surface area contributed by atoms with Gasteiger partial charge in [0.1, 0.15) is 0 Å². The maximum atomic E-state index is 12.0. The van der Waals surface area contributed by atoms with Crippen LogP contribution in [0.25, 0.3) is 0 Å². The van der Waals surface area contributed by atoms with E-state index in [2.05, 4.69) is 17.9 Å². The van der Waals surface area contributed by atoms with Gasteiger partial charge in [0.15, 0.2) is 0 Å². The highest BCUT2D eigenvalue weighted by Gasteiger charge is 2.32. The Morgan fingerprint density at radius 3 is 2.46 bits per heavy atom. The van der Waals surface area contributed by atoms with E-state index in [-0.39, 0.29) is 17.9 Å². The summed E-state index contributed by atoms with van der Waals surface area (Å²) in [6.45, 7) is 8.91. The number of likely N-dealkylation sites (tertiary alicyclic amines) is 1. The molecule has 2 aliphatic heterocycles. The molecule has 5 nitrogen and oxygen atoms in total. The van der Waals surface area contributed by atoms with Gasteiger partial charge in [-0.1, -0.05) is 12.1 Å². The molecular formula is C19H27N3O2. The molecule has 1 saturated heterocycles. The Morgan fingerprint density at radius 2 is 1.79 bits per heavy atom. The Bertz CT molecular complexity index is 631. The average molecular weight is 329 g/mol. The summed E-state index contributed by atoms with van der Waals surface area (Å²) in [4.78, 5) is 30.0. The van der Waals surface area contributed by atoms with Crippen molar-refractivity contribution in [3.05, 3.63) is 24.3 Å². The Kier molecular flexibility index (Phi) is 4.78. The van der Waals surface area contributed by atoms with E-state index < -0.39 is 0 Å². The summed E-state index contributed by atoms with van der Waals surface area (Å²) >= 11 is 0. The molecule has 0 spiro atoms. The summed E-state index contributed by atoms with van der Waals surface area (Å²) in [7, 11) is 0. The predicted octanol–water partition coefficient (Wildman–Crippen LogP) is 2.51. The molecule has 0 aromatic heterocycles. The highest BCUT2D eigenvalue weighted by Crippen LogP contribution is 2.36. The van der Waals surface area contributed by atoms with Crippen LogP contribution in [0.1, 0.15) is 33.6 Å². The van der Waals surface area contributed by atoms with Crippen LogP contribution in [0, 0.1) is 5.92 Å². The molecule has 24 heavy (non-hydrogen) atoms. The molecule has 2 amide bonds. The zero-order chi connectivity index (χ0) is 17.3. The minimum absolute atomic E-state index is 0.0926. The largest absolute Gasteiger partial charge is 0.367 e. The monoisotopic (exact) mass is 329 g/mol. The third kappa shape index (κ3) is 3.25. The fourth-order valence-electron chi connectivity index (χ4n) is 4.14. The normalized spacial score (nSPS) is 23.9. The highest BCUT2D eigenvalue weighted by atomic mass is 16.2. The molecule has 1 fully saturated rings.